The van der Waals surface area contributed by atoms with Crippen molar-refractivity contribution in [3.63, 3.8) is 0 Å². The molecule has 0 atom stereocenters. The minimum absolute atomic E-state index is 0.822. The van der Waals surface area contributed by atoms with Gasteiger partial charge in [0.15, 0.2) is 0 Å². The number of nitrogens with one attached hydrogen (secondary N) is 1. The molecule has 1 aromatic carbocycles. The number of benzene rings is 1. The largest absolute Gasteiger partial charge is 0.385 e. The van der Waals surface area contributed by atoms with Crippen LogP contribution in [0.3, 0.4) is 0 Å². The smallest absolute Gasteiger partial charge is 0.0704 e. The van der Waals surface area contributed by atoms with Crippen LogP contribution in [0.4, 0.5) is 5.69 Å². The van der Waals surface area contributed by atoms with Crippen molar-refractivity contribution < 1.29 is 0 Å². The van der Waals surface area contributed by atoms with Crippen LogP contribution < -0.4 is 5.32 Å². The average Bonchev–Trinajstić information content (AvgIpc) is 2.48. The molecular weight excluding hydrogens is 246 g/mol. The van der Waals surface area contributed by atoms with Gasteiger partial charge in [0, 0.05) is 42.1 Å². The molecule has 0 radical (unpaired) electrons. The summed E-state index contributed by atoms with van der Waals surface area (Å²) in [6.45, 7) is 3.01. The van der Waals surface area contributed by atoms with Gasteiger partial charge in [-0.2, -0.15) is 0 Å². The van der Waals surface area contributed by atoms with E-state index >= 15 is 0 Å². The second-order valence-electron chi connectivity index (χ2n) is 4.73. The number of hydrogen-bond donors (Lipinski definition) is 1. The predicted octanol–water partition coefficient (Wildman–Crippen LogP) is 3.65. The predicted molar refractivity (Wildman–Crippen MR) is 82.9 cm³/mol. The molecule has 3 aromatic rings. The summed E-state index contributed by atoms with van der Waals surface area (Å²) in [6.07, 6.45) is 4.55. The fourth-order valence-corrected chi connectivity index (χ4v) is 2.39. The average molecular weight is 263 g/mol. The lowest BCUT2D eigenvalue weighted by molar-refractivity contribution is 1.07. The fraction of sp³-hybridized carbons (Fsp3) is 0.176. The number of nitrogens with zero attached hydrogens (tertiary/aromatic N) is 2. The molecule has 20 heavy (non-hydrogen) atoms. The van der Waals surface area contributed by atoms with Crippen molar-refractivity contribution in [2.24, 2.45) is 0 Å². The standard InChI is InChI=1S/C17H17N3/c1-2-18-14-8-10-19-15(12-14)11-13-7-9-20-17-6-4-3-5-16(13)17/h3-10,12H,2,11H2,1H3,(H,18,19). The molecule has 0 aliphatic rings. The molecule has 0 fully saturated rings. The van der Waals surface area contributed by atoms with E-state index < -0.39 is 0 Å². The molecule has 0 amide bonds. The third-order valence-corrected chi connectivity index (χ3v) is 3.31. The maximum Gasteiger partial charge on any atom is 0.0704 e. The monoisotopic (exact) mass is 263 g/mol. The molecule has 0 aliphatic heterocycles. The molecule has 3 heteroatoms. The van der Waals surface area contributed by atoms with Gasteiger partial charge in [-0.25, -0.2) is 0 Å². The zero-order valence-corrected chi connectivity index (χ0v) is 11.5. The van der Waals surface area contributed by atoms with Gasteiger partial charge in [0.2, 0.25) is 0 Å². The van der Waals surface area contributed by atoms with Crippen molar-refractivity contribution in [3.8, 4) is 0 Å². The molecule has 0 spiro atoms. The van der Waals surface area contributed by atoms with Crippen LogP contribution in [0.5, 0.6) is 0 Å². The molecule has 3 rings (SSSR count). The van der Waals surface area contributed by atoms with Crippen molar-refractivity contribution in [1.29, 1.82) is 0 Å². The Balaban J connectivity index is 1.95. The van der Waals surface area contributed by atoms with Crippen LogP contribution in [-0.2, 0) is 6.42 Å². The van der Waals surface area contributed by atoms with E-state index in [0.717, 1.165) is 29.9 Å². The first kappa shape index (κ1) is 12.6. The van der Waals surface area contributed by atoms with Crippen LogP contribution >= 0.6 is 0 Å². The van der Waals surface area contributed by atoms with Crippen molar-refractivity contribution in [2.45, 2.75) is 13.3 Å². The molecule has 3 nitrogen and oxygen atoms in total. The van der Waals surface area contributed by atoms with Crippen LogP contribution in [0.1, 0.15) is 18.2 Å². The van der Waals surface area contributed by atoms with E-state index in [1.54, 1.807) is 0 Å². The van der Waals surface area contributed by atoms with E-state index in [0.29, 0.717) is 0 Å². The van der Waals surface area contributed by atoms with E-state index in [-0.39, 0.29) is 0 Å². The van der Waals surface area contributed by atoms with Crippen LogP contribution in [0.15, 0.2) is 54.9 Å². The Hall–Kier alpha value is -2.42. The first-order valence-corrected chi connectivity index (χ1v) is 6.88. The lowest BCUT2D eigenvalue weighted by Crippen LogP contribution is -1.99. The summed E-state index contributed by atoms with van der Waals surface area (Å²) < 4.78 is 0. The molecule has 2 aromatic heterocycles. The van der Waals surface area contributed by atoms with E-state index in [2.05, 4.69) is 46.5 Å². The van der Waals surface area contributed by atoms with Crippen molar-refractivity contribution in [1.82, 2.24) is 9.97 Å². The van der Waals surface area contributed by atoms with Gasteiger partial charge >= 0.3 is 0 Å². The molecule has 0 unspecified atom stereocenters. The van der Waals surface area contributed by atoms with Gasteiger partial charge in [0.25, 0.3) is 0 Å². The summed E-state index contributed by atoms with van der Waals surface area (Å²) in [5, 5.41) is 4.52. The molecule has 0 bridgehead atoms. The first-order valence-electron chi connectivity index (χ1n) is 6.88. The van der Waals surface area contributed by atoms with Gasteiger partial charge in [-0.1, -0.05) is 18.2 Å². The second-order valence-corrected chi connectivity index (χ2v) is 4.73. The third kappa shape index (κ3) is 2.62. The summed E-state index contributed by atoms with van der Waals surface area (Å²) in [4.78, 5) is 8.86. The fourth-order valence-electron chi connectivity index (χ4n) is 2.39. The van der Waals surface area contributed by atoms with Crippen molar-refractivity contribution in [2.75, 3.05) is 11.9 Å². The Kier molecular flexibility index (Phi) is 3.59. The highest BCUT2D eigenvalue weighted by molar-refractivity contribution is 5.82. The Morgan fingerprint density at radius 3 is 2.75 bits per heavy atom. The lowest BCUT2D eigenvalue weighted by Gasteiger charge is -2.08. The molecule has 2 heterocycles. The highest BCUT2D eigenvalue weighted by atomic mass is 14.9. The van der Waals surface area contributed by atoms with Crippen LogP contribution in [0.2, 0.25) is 0 Å². The van der Waals surface area contributed by atoms with Gasteiger partial charge in [-0.15, -0.1) is 0 Å². The number of pyridine rings is 2. The highest BCUT2D eigenvalue weighted by Crippen LogP contribution is 2.19. The number of fused-ring (bicyclic) bond motifs is 1. The summed E-state index contributed by atoms with van der Waals surface area (Å²) in [5.74, 6) is 0. The number of rotatable bonds is 4. The number of para-hydroxylation sites is 1. The van der Waals surface area contributed by atoms with E-state index in [1.807, 2.05) is 30.6 Å². The van der Waals surface area contributed by atoms with Gasteiger partial charge in [0.1, 0.15) is 0 Å². The maximum atomic E-state index is 4.46. The Labute approximate surface area is 118 Å². The lowest BCUT2D eigenvalue weighted by atomic mass is 10.0. The summed E-state index contributed by atoms with van der Waals surface area (Å²) in [5.41, 5.74) is 4.49. The van der Waals surface area contributed by atoms with Crippen LogP contribution in [-0.4, -0.2) is 16.5 Å². The third-order valence-electron chi connectivity index (χ3n) is 3.31. The van der Waals surface area contributed by atoms with Crippen LogP contribution in [0.25, 0.3) is 10.9 Å². The number of anilines is 1. The van der Waals surface area contributed by atoms with Gasteiger partial charge in [-0.3, -0.25) is 9.97 Å². The number of aromatic nitrogens is 2. The quantitative estimate of drug-likeness (QED) is 0.780. The molecule has 0 saturated carbocycles. The van der Waals surface area contributed by atoms with Crippen LogP contribution in [0, 0.1) is 0 Å². The Morgan fingerprint density at radius 2 is 1.85 bits per heavy atom. The second kappa shape index (κ2) is 5.70. The molecular formula is C17H17N3. The first-order chi connectivity index (χ1) is 9.86. The molecule has 0 aliphatic carbocycles. The summed E-state index contributed by atoms with van der Waals surface area (Å²) in [6, 6.07) is 14.4. The van der Waals surface area contributed by atoms with Crippen molar-refractivity contribution >= 4 is 16.6 Å². The minimum atomic E-state index is 0.822. The Morgan fingerprint density at radius 1 is 1.00 bits per heavy atom. The number of hydrogen-bond acceptors (Lipinski definition) is 3. The topological polar surface area (TPSA) is 37.8 Å². The van der Waals surface area contributed by atoms with E-state index in [4.69, 9.17) is 0 Å². The molecule has 0 saturated heterocycles. The zero-order chi connectivity index (χ0) is 13.8. The van der Waals surface area contributed by atoms with Gasteiger partial charge in [-0.05, 0) is 36.8 Å². The van der Waals surface area contributed by atoms with E-state index in [1.165, 1.54) is 10.9 Å². The minimum Gasteiger partial charge on any atom is -0.385 e. The highest BCUT2D eigenvalue weighted by Gasteiger charge is 2.04. The van der Waals surface area contributed by atoms with Crippen molar-refractivity contribution in [3.05, 3.63) is 66.1 Å². The van der Waals surface area contributed by atoms with Gasteiger partial charge < -0.3 is 5.32 Å². The Bertz CT molecular complexity index is 717. The summed E-state index contributed by atoms with van der Waals surface area (Å²) >= 11 is 0. The van der Waals surface area contributed by atoms with E-state index in [9.17, 15) is 0 Å². The summed E-state index contributed by atoms with van der Waals surface area (Å²) in [7, 11) is 0. The normalized spacial score (nSPS) is 10.7. The molecule has 100 valence electrons. The SMILES string of the molecule is CCNc1ccnc(Cc2ccnc3ccccc23)c1. The molecule has 1 N–H and O–H groups in total. The maximum absolute atomic E-state index is 4.46. The zero-order valence-electron chi connectivity index (χ0n) is 11.5. The van der Waals surface area contributed by atoms with Gasteiger partial charge in [0.05, 0.1) is 5.52 Å².